The summed E-state index contributed by atoms with van der Waals surface area (Å²) in [6.07, 6.45) is 0.842. The average molecular weight is 1270 g/mol. The number of hydrogen-bond acceptors (Lipinski definition) is 0. The second kappa shape index (κ2) is 25.7. The van der Waals surface area contributed by atoms with Crippen molar-refractivity contribution in [2.75, 3.05) is 0 Å². The van der Waals surface area contributed by atoms with Gasteiger partial charge in [-0.2, -0.15) is 0 Å². The van der Waals surface area contributed by atoms with Gasteiger partial charge in [-0.15, -0.1) is 0 Å². The Kier molecular flexibility index (Phi) is 15.3. The minimum absolute atomic E-state index is 0.842. The largest absolute Gasteiger partial charge is 0.0738 e. The summed E-state index contributed by atoms with van der Waals surface area (Å²) in [5.74, 6) is 0. The third kappa shape index (κ3) is 9.90. The number of hydrogen-bond donors (Lipinski definition) is 0. The minimum atomic E-state index is -1.30. The molecule has 0 bridgehead atoms. The van der Waals surface area contributed by atoms with Crippen molar-refractivity contribution in [2.24, 2.45) is 0 Å². The van der Waals surface area contributed by atoms with E-state index in [-0.39, 0.29) is 0 Å². The summed E-state index contributed by atoms with van der Waals surface area (Å²) in [6.45, 7) is 0. The van der Waals surface area contributed by atoms with Crippen molar-refractivity contribution in [3.05, 3.63) is 456 Å². The molecule has 0 unspecified atom stereocenters. The summed E-state index contributed by atoms with van der Waals surface area (Å²) in [4.78, 5) is 0. The maximum Gasteiger partial charge on any atom is 0.0738 e. The van der Waals surface area contributed by atoms with Crippen molar-refractivity contribution in [1.29, 1.82) is 0 Å². The van der Waals surface area contributed by atoms with Crippen molar-refractivity contribution in [2.45, 2.75) is 11.8 Å². The van der Waals surface area contributed by atoms with Crippen LogP contribution in [0.5, 0.6) is 0 Å². The molecule has 0 radical (unpaired) electrons. The molecule has 100 heavy (non-hydrogen) atoms. The van der Waals surface area contributed by atoms with Gasteiger partial charge in [0.1, 0.15) is 0 Å². The second-order valence-corrected chi connectivity index (χ2v) is 26.2. The normalized spacial score (nSPS) is 12.6. The zero-order valence-electron chi connectivity index (χ0n) is 55.3. The molecule has 0 amide bonds. The fraction of sp³-hybridized carbons (Fsp3) is 0.0200. The van der Waals surface area contributed by atoms with Crippen LogP contribution in [0.1, 0.15) is 55.6 Å². The maximum absolute atomic E-state index is 2.53. The molecule has 0 atom stereocenters. The van der Waals surface area contributed by atoms with Gasteiger partial charge in [-0.3, -0.25) is 0 Å². The van der Waals surface area contributed by atoms with Crippen LogP contribution >= 0.6 is 0 Å². The summed E-state index contributed by atoms with van der Waals surface area (Å²) < 4.78 is 0. The third-order valence-electron chi connectivity index (χ3n) is 20.8. The molecule has 18 rings (SSSR count). The van der Waals surface area contributed by atoms with E-state index in [1.165, 1.54) is 66.8 Å². The first-order chi connectivity index (χ1) is 49.7. The maximum atomic E-state index is 2.53. The van der Waals surface area contributed by atoms with E-state index < -0.39 is 5.41 Å². The number of rotatable bonds is 12. The Morgan fingerprint density at radius 1 is 0.150 bits per heavy atom. The molecule has 0 N–H and O–H groups in total. The Hall–Kier alpha value is -12.7. The first-order valence-corrected chi connectivity index (χ1v) is 34.9. The molecule has 2 aliphatic rings. The Morgan fingerprint density at radius 3 is 0.560 bits per heavy atom. The molecule has 468 valence electrons. The van der Waals surface area contributed by atoms with E-state index in [0.29, 0.717) is 0 Å². The van der Waals surface area contributed by atoms with Crippen LogP contribution in [0.4, 0.5) is 0 Å². The highest BCUT2D eigenvalue weighted by molar-refractivity contribution is 6.17. The minimum Gasteiger partial charge on any atom is -0.0622 e. The summed E-state index contributed by atoms with van der Waals surface area (Å²) in [5, 5.41) is 0. The predicted molar refractivity (Wildman–Crippen MR) is 420 cm³/mol. The molecule has 0 saturated carbocycles. The number of fused-ring (bicyclic) bond motifs is 4. The van der Waals surface area contributed by atoms with Gasteiger partial charge >= 0.3 is 0 Å². The van der Waals surface area contributed by atoms with E-state index >= 15 is 0 Å². The van der Waals surface area contributed by atoms with Crippen LogP contribution < -0.4 is 0 Å². The van der Waals surface area contributed by atoms with Gasteiger partial charge in [0.2, 0.25) is 0 Å². The number of benzene rings is 16. The first-order valence-electron chi connectivity index (χ1n) is 34.9. The standard InChI is InChI=1S/C100H68/c1-11-39-68(40-12-1)86-88(70-43-15-3-16-44-70)92(74-51-23-7-24-52-74)98(93(75-53-25-8-26-54-75)89(86)71-45-17-4-18-46-71)100(84-65-37-35-63-82(84)97(83-64-36-38-66-85(83)100)96-80-61-33-31-59-78(80)67-79-60-32-34-62-81(79)96)99-94(76-55-27-9-28-56-76)90(72-47-19-5-20-48-72)87(69-41-13-2-14-42-69)91(73-49-21-6-22-50-73)95(99)77-57-29-10-30-58-77/h1-66H,67H2. The molecular weight excluding hydrogens is 1200 g/mol. The Morgan fingerprint density at radius 2 is 0.320 bits per heavy atom. The molecule has 0 spiro atoms. The van der Waals surface area contributed by atoms with E-state index in [1.807, 2.05) is 0 Å². The van der Waals surface area contributed by atoms with Crippen molar-refractivity contribution in [1.82, 2.24) is 0 Å². The van der Waals surface area contributed by atoms with Crippen LogP contribution in [0.15, 0.2) is 400 Å². The van der Waals surface area contributed by atoms with Crippen LogP contribution in [0, 0.1) is 0 Å². The highest BCUT2D eigenvalue weighted by Gasteiger charge is 2.53. The molecule has 0 saturated heterocycles. The van der Waals surface area contributed by atoms with Gasteiger partial charge in [0.05, 0.1) is 5.41 Å². The van der Waals surface area contributed by atoms with E-state index in [2.05, 4.69) is 400 Å². The molecule has 0 fully saturated rings. The molecule has 2 aliphatic carbocycles. The third-order valence-corrected chi connectivity index (χ3v) is 20.8. The van der Waals surface area contributed by atoms with Gasteiger partial charge < -0.3 is 0 Å². The summed E-state index contributed by atoms with van der Waals surface area (Å²) in [7, 11) is 0. The smallest absolute Gasteiger partial charge is 0.0622 e. The van der Waals surface area contributed by atoms with Gasteiger partial charge in [-0.1, -0.05) is 400 Å². The lowest BCUT2D eigenvalue weighted by atomic mass is 9.52. The molecule has 16 aromatic rings. The summed E-state index contributed by atoms with van der Waals surface area (Å²) >= 11 is 0. The molecule has 16 aromatic carbocycles. The summed E-state index contributed by atoms with van der Waals surface area (Å²) in [5.41, 5.74) is 36.0. The van der Waals surface area contributed by atoms with E-state index in [4.69, 9.17) is 0 Å². The van der Waals surface area contributed by atoms with Crippen molar-refractivity contribution < 1.29 is 0 Å². The van der Waals surface area contributed by atoms with Crippen LogP contribution in [-0.4, -0.2) is 0 Å². The van der Waals surface area contributed by atoms with Crippen molar-refractivity contribution in [3.63, 3.8) is 0 Å². The van der Waals surface area contributed by atoms with Crippen LogP contribution in [0.25, 0.3) is 122 Å². The summed E-state index contributed by atoms with van der Waals surface area (Å²) in [6, 6.07) is 151. The topological polar surface area (TPSA) is 0 Å². The van der Waals surface area contributed by atoms with E-state index in [9.17, 15) is 0 Å². The second-order valence-electron chi connectivity index (χ2n) is 26.2. The predicted octanol–water partition coefficient (Wildman–Crippen LogP) is 26.0. The fourth-order valence-corrected chi connectivity index (χ4v) is 16.9. The van der Waals surface area contributed by atoms with Gasteiger partial charge in [0.25, 0.3) is 0 Å². The molecule has 0 aliphatic heterocycles. The zero-order chi connectivity index (χ0) is 66.4. The van der Waals surface area contributed by atoms with Crippen LogP contribution in [-0.2, 0) is 11.8 Å². The SMILES string of the molecule is c1ccc(-c2c(-c3ccccc3)c(-c3ccccc3)c(C3(c4c(-c5ccccc5)c(-c5ccccc5)c(-c5ccccc5)c(-c5ccccc5)c4-c4ccccc4)c4ccccc4C(=C4c5ccccc5Cc5ccccc54)c4ccccc43)c(-c3ccccc3)c2-c2ccccc2)cc1. The van der Waals surface area contributed by atoms with Gasteiger partial charge in [0, 0.05) is 0 Å². The lowest BCUT2D eigenvalue weighted by Gasteiger charge is -2.49. The van der Waals surface area contributed by atoms with Crippen molar-refractivity contribution >= 4 is 11.1 Å². The monoisotopic (exact) mass is 1270 g/mol. The van der Waals surface area contributed by atoms with Gasteiger partial charge in [-0.25, -0.2) is 0 Å². The lowest BCUT2D eigenvalue weighted by Crippen LogP contribution is -2.39. The Balaban J connectivity index is 1.23. The molecule has 0 heterocycles. The molecular formula is C100H68. The van der Waals surface area contributed by atoms with Crippen LogP contribution in [0.3, 0.4) is 0 Å². The average Bonchev–Trinajstić information content (AvgIpc) is 0.661. The Bertz CT molecular complexity index is 5140. The quantitative estimate of drug-likeness (QED) is 0.114. The Labute approximate surface area is 586 Å². The van der Waals surface area contributed by atoms with Crippen molar-refractivity contribution in [3.8, 4) is 111 Å². The van der Waals surface area contributed by atoms with E-state index in [1.54, 1.807) is 0 Å². The zero-order valence-corrected chi connectivity index (χ0v) is 55.3. The lowest BCUT2D eigenvalue weighted by molar-refractivity contribution is 0.740. The molecule has 0 heteroatoms. The van der Waals surface area contributed by atoms with Gasteiger partial charge in [-0.05, 0) is 184 Å². The molecule has 0 nitrogen and oxygen atoms in total. The van der Waals surface area contributed by atoms with Crippen LogP contribution in [0.2, 0.25) is 0 Å². The highest BCUT2D eigenvalue weighted by Crippen LogP contribution is 2.68. The molecule has 0 aromatic heterocycles. The fourth-order valence-electron chi connectivity index (χ4n) is 16.9. The van der Waals surface area contributed by atoms with Gasteiger partial charge in [0.15, 0.2) is 0 Å². The highest BCUT2D eigenvalue weighted by atomic mass is 14.5. The van der Waals surface area contributed by atoms with E-state index in [0.717, 1.165) is 118 Å². The first kappa shape index (κ1) is 59.7.